The molecule has 0 aliphatic heterocycles. The van der Waals surface area contributed by atoms with Gasteiger partial charge in [0.05, 0.1) is 0 Å². The second-order valence-corrected chi connectivity index (χ2v) is 5.96. The number of halogens is 1. The molecular formula is C13H18BrN5O. The lowest BCUT2D eigenvalue weighted by Gasteiger charge is -2.34. The molecule has 2 aromatic heterocycles. The zero-order valence-corrected chi connectivity index (χ0v) is 12.8. The fourth-order valence-corrected chi connectivity index (χ4v) is 3.30. The first kappa shape index (κ1) is 13.6. The summed E-state index contributed by atoms with van der Waals surface area (Å²) >= 11 is 3.51. The van der Waals surface area contributed by atoms with Crippen LogP contribution in [0.25, 0.3) is 5.65 Å². The Morgan fingerprint density at radius 1 is 1.35 bits per heavy atom. The van der Waals surface area contributed by atoms with Gasteiger partial charge in [-0.2, -0.15) is 9.61 Å². The van der Waals surface area contributed by atoms with Crippen LogP contribution >= 0.6 is 15.9 Å². The van der Waals surface area contributed by atoms with Gasteiger partial charge in [-0.1, -0.05) is 35.2 Å². The van der Waals surface area contributed by atoms with E-state index >= 15 is 0 Å². The van der Waals surface area contributed by atoms with Crippen molar-refractivity contribution in [2.75, 3.05) is 16.8 Å². The largest absolute Gasteiger partial charge is 0.364 e. The quantitative estimate of drug-likeness (QED) is 0.864. The number of hydrogen-bond donors (Lipinski definition) is 1. The molecule has 2 aromatic rings. The Balaban J connectivity index is 1.95. The van der Waals surface area contributed by atoms with Crippen LogP contribution in [0.1, 0.15) is 32.1 Å². The summed E-state index contributed by atoms with van der Waals surface area (Å²) in [6.45, 7) is 0.899. The first-order valence-electron chi connectivity index (χ1n) is 7.06. The van der Waals surface area contributed by atoms with Gasteiger partial charge in [0.1, 0.15) is 5.82 Å². The van der Waals surface area contributed by atoms with Gasteiger partial charge >= 0.3 is 5.69 Å². The highest BCUT2D eigenvalue weighted by Gasteiger charge is 2.22. The summed E-state index contributed by atoms with van der Waals surface area (Å²) in [7, 11) is 0. The van der Waals surface area contributed by atoms with Gasteiger partial charge in [-0.3, -0.25) is 0 Å². The van der Waals surface area contributed by atoms with Crippen LogP contribution in [0.5, 0.6) is 0 Å². The van der Waals surface area contributed by atoms with Crippen LogP contribution in [0.15, 0.2) is 16.9 Å². The highest BCUT2D eigenvalue weighted by atomic mass is 79.9. The first-order valence-corrected chi connectivity index (χ1v) is 8.19. The van der Waals surface area contributed by atoms with Crippen molar-refractivity contribution < 1.29 is 0 Å². The summed E-state index contributed by atoms with van der Waals surface area (Å²) in [5.41, 5.74) is 0.269. The third kappa shape index (κ3) is 2.59. The highest BCUT2D eigenvalue weighted by Crippen LogP contribution is 2.26. The molecule has 20 heavy (non-hydrogen) atoms. The van der Waals surface area contributed by atoms with E-state index < -0.39 is 0 Å². The van der Waals surface area contributed by atoms with Crippen molar-refractivity contribution in [3.63, 3.8) is 0 Å². The maximum atomic E-state index is 11.6. The van der Waals surface area contributed by atoms with Crippen LogP contribution in [-0.4, -0.2) is 37.7 Å². The summed E-state index contributed by atoms with van der Waals surface area (Å²) < 4.78 is 1.33. The number of hydrogen-bond acceptors (Lipinski definition) is 4. The molecule has 2 heterocycles. The molecule has 0 saturated heterocycles. The SMILES string of the molecule is O=c1[nH]nc2ccc(N(CCBr)C3CCCCC3)nn12. The minimum absolute atomic E-state index is 0.288. The van der Waals surface area contributed by atoms with Gasteiger partial charge in [-0.25, -0.2) is 9.89 Å². The second-order valence-electron chi connectivity index (χ2n) is 5.16. The molecule has 1 aliphatic carbocycles. The molecule has 0 amide bonds. The summed E-state index contributed by atoms with van der Waals surface area (Å²) in [5, 5.41) is 11.7. The highest BCUT2D eigenvalue weighted by molar-refractivity contribution is 9.09. The molecular weight excluding hydrogens is 322 g/mol. The molecule has 0 radical (unpaired) electrons. The van der Waals surface area contributed by atoms with E-state index in [-0.39, 0.29) is 5.69 Å². The van der Waals surface area contributed by atoms with Crippen LogP contribution in [0.4, 0.5) is 5.82 Å². The number of alkyl halides is 1. The summed E-state index contributed by atoms with van der Waals surface area (Å²) in [6, 6.07) is 4.31. The molecule has 3 rings (SSSR count). The average molecular weight is 340 g/mol. The Labute approximate surface area is 125 Å². The molecule has 108 valence electrons. The number of aromatic amines is 1. The molecule has 0 spiro atoms. The fourth-order valence-electron chi connectivity index (χ4n) is 2.91. The van der Waals surface area contributed by atoms with Crippen molar-refractivity contribution in [3.05, 3.63) is 22.6 Å². The lowest BCUT2D eigenvalue weighted by molar-refractivity contribution is 0.416. The number of fused-ring (bicyclic) bond motifs is 1. The average Bonchev–Trinajstić information content (AvgIpc) is 2.87. The Hall–Kier alpha value is -1.37. The van der Waals surface area contributed by atoms with Crippen molar-refractivity contribution in [2.24, 2.45) is 0 Å². The second kappa shape index (κ2) is 5.95. The predicted molar refractivity (Wildman–Crippen MR) is 81.6 cm³/mol. The lowest BCUT2D eigenvalue weighted by atomic mass is 9.94. The van der Waals surface area contributed by atoms with Crippen LogP contribution < -0.4 is 10.6 Å². The summed E-state index contributed by atoms with van der Waals surface area (Å²) in [5.74, 6) is 0.854. The van der Waals surface area contributed by atoms with Crippen molar-refractivity contribution in [3.8, 4) is 0 Å². The number of anilines is 1. The maximum absolute atomic E-state index is 11.6. The zero-order valence-electron chi connectivity index (χ0n) is 11.3. The molecule has 1 fully saturated rings. The number of nitrogens with zero attached hydrogens (tertiary/aromatic N) is 4. The normalized spacial score (nSPS) is 16.6. The van der Waals surface area contributed by atoms with Gasteiger partial charge in [0, 0.05) is 17.9 Å². The van der Waals surface area contributed by atoms with Gasteiger partial charge in [0.15, 0.2) is 5.65 Å². The van der Waals surface area contributed by atoms with Gasteiger partial charge in [-0.05, 0) is 25.0 Å². The number of H-pyrrole nitrogens is 1. The molecule has 0 aromatic carbocycles. The minimum atomic E-state index is -0.288. The Morgan fingerprint density at radius 2 is 2.15 bits per heavy atom. The van der Waals surface area contributed by atoms with Gasteiger partial charge in [0.2, 0.25) is 0 Å². The van der Waals surface area contributed by atoms with Crippen molar-refractivity contribution in [2.45, 2.75) is 38.1 Å². The van der Waals surface area contributed by atoms with Gasteiger partial charge in [0.25, 0.3) is 0 Å². The molecule has 7 heteroatoms. The zero-order chi connectivity index (χ0) is 13.9. The van der Waals surface area contributed by atoms with E-state index in [0.717, 1.165) is 17.7 Å². The van der Waals surface area contributed by atoms with Crippen LogP contribution in [0, 0.1) is 0 Å². The van der Waals surface area contributed by atoms with E-state index in [1.807, 2.05) is 12.1 Å². The van der Waals surface area contributed by atoms with E-state index in [0.29, 0.717) is 11.7 Å². The molecule has 6 nitrogen and oxygen atoms in total. The number of nitrogens with one attached hydrogen (secondary N) is 1. The van der Waals surface area contributed by atoms with E-state index in [1.54, 1.807) is 0 Å². The fraction of sp³-hybridized carbons (Fsp3) is 0.615. The van der Waals surface area contributed by atoms with E-state index in [4.69, 9.17) is 0 Å². The van der Waals surface area contributed by atoms with E-state index in [1.165, 1.54) is 36.6 Å². The topological polar surface area (TPSA) is 66.3 Å². The smallest absolute Gasteiger partial charge is 0.351 e. The Bertz CT molecular complexity index is 631. The molecule has 0 unspecified atom stereocenters. The molecule has 1 aliphatic rings. The third-order valence-corrected chi connectivity index (χ3v) is 4.25. The van der Waals surface area contributed by atoms with Crippen molar-refractivity contribution in [1.29, 1.82) is 0 Å². The van der Waals surface area contributed by atoms with E-state index in [9.17, 15) is 4.79 Å². The van der Waals surface area contributed by atoms with Crippen LogP contribution in [0.3, 0.4) is 0 Å². The minimum Gasteiger partial charge on any atom is -0.351 e. The molecule has 0 atom stereocenters. The van der Waals surface area contributed by atoms with E-state index in [2.05, 4.69) is 36.1 Å². The van der Waals surface area contributed by atoms with Crippen molar-refractivity contribution in [1.82, 2.24) is 19.8 Å². The van der Waals surface area contributed by atoms with Crippen LogP contribution in [0.2, 0.25) is 0 Å². The lowest BCUT2D eigenvalue weighted by Crippen LogP contribution is -2.39. The van der Waals surface area contributed by atoms with Gasteiger partial charge in [-0.15, -0.1) is 5.10 Å². The molecule has 0 bridgehead atoms. The predicted octanol–water partition coefficient (Wildman–Crippen LogP) is 1.95. The summed E-state index contributed by atoms with van der Waals surface area (Å²) in [4.78, 5) is 14.0. The standard InChI is InChI=1S/C13H18BrN5O/c14-8-9-18(10-4-2-1-3-5-10)12-7-6-11-15-16-13(20)19(11)17-12/h6-7,10H,1-5,8-9H2,(H,16,20). The molecule has 1 N–H and O–H groups in total. The van der Waals surface area contributed by atoms with Crippen LogP contribution in [-0.2, 0) is 0 Å². The van der Waals surface area contributed by atoms with Crippen molar-refractivity contribution >= 4 is 27.4 Å². The summed E-state index contributed by atoms with van der Waals surface area (Å²) in [6.07, 6.45) is 6.28. The molecule has 1 saturated carbocycles. The Morgan fingerprint density at radius 3 is 2.90 bits per heavy atom. The third-order valence-electron chi connectivity index (χ3n) is 3.89. The first-order chi connectivity index (χ1) is 9.79. The van der Waals surface area contributed by atoms with Gasteiger partial charge < -0.3 is 4.90 Å². The maximum Gasteiger partial charge on any atom is 0.364 e. The number of rotatable bonds is 4. The Kier molecular flexibility index (Phi) is 4.05. The monoisotopic (exact) mass is 339 g/mol. The number of aromatic nitrogens is 4.